The molecule has 0 N–H and O–H groups in total. The van der Waals surface area contributed by atoms with Crippen molar-refractivity contribution in [2.45, 2.75) is 12.8 Å². The zero-order valence-electron chi connectivity index (χ0n) is 32.4. The van der Waals surface area contributed by atoms with Crippen LogP contribution in [0.25, 0.3) is 105 Å². The van der Waals surface area contributed by atoms with E-state index >= 15 is 0 Å². The molecule has 1 aliphatic carbocycles. The van der Waals surface area contributed by atoms with E-state index in [1.165, 1.54) is 22.0 Å². The molecule has 7 nitrogen and oxygen atoms in total. The largest absolute Gasteiger partial charge is 0.311 e. The van der Waals surface area contributed by atoms with Gasteiger partial charge in [-0.1, -0.05) is 84.9 Å². The predicted octanol–water partition coefficient (Wildman–Crippen LogP) is 12.7. The average molecular weight is 770 g/mol. The highest BCUT2D eigenvalue weighted by atomic mass is 15.0. The molecular weight excluding hydrogens is 735 g/mol. The van der Waals surface area contributed by atoms with Gasteiger partial charge in [0.25, 0.3) is 0 Å². The average Bonchev–Trinajstić information content (AvgIpc) is 3.84. The van der Waals surface area contributed by atoms with Gasteiger partial charge in [0, 0.05) is 68.8 Å². The van der Waals surface area contributed by atoms with Gasteiger partial charge in [-0.15, -0.1) is 0 Å². The second kappa shape index (κ2) is 13.8. The van der Waals surface area contributed by atoms with Gasteiger partial charge in [0.1, 0.15) is 0 Å². The van der Waals surface area contributed by atoms with Crippen LogP contribution < -0.4 is 0 Å². The van der Waals surface area contributed by atoms with E-state index in [-0.39, 0.29) is 0 Å². The number of hydrogen-bond acceptors (Lipinski definition) is 5. The van der Waals surface area contributed by atoms with E-state index in [1.54, 1.807) is 0 Å². The highest BCUT2D eigenvalue weighted by Gasteiger charge is 2.19. The van der Waals surface area contributed by atoms with Crippen LogP contribution in [0, 0.1) is 0 Å². The van der Waals surface area contributed by atoms with Crippen LogP contribution in [-0.2, 0) is 0 Å². The van der Waals surface area contributed by atoms with Crippen LogP contribution in [0.2, 0.25) is 0 Å². The van der Waals surface area contributed by atoms with Gasteiger partial charge in [0.05, 0.1) is 56.6 Å². The lowest BCUT2D eigenvalue weighted by atomic mass is 9.98. The summed E-state index contributed by atoms with van der Waals surface area (Å²) in [5.74, 6) is 0. The topological polar surface area (TPSA) is 74.3 Å². The molecule has 0 amide bonds. The number of nitrogens with zero attached hydrogens (tertiary/aromatic N) is 7. The molecule has 0 atom stereocenters. The molecule has 11 aromatic rings. The second-order valence-electron chi connectivity index (χ2n) is 15.3. The summed E-state index contributed by atoms with van der Waals surface area (Å²) in [6, 6.07) is 51.0. The number of para-hydroxylation sites is 2. The van der Waals surface area contributed by atoms with Crippen LogP contribution in [0.15, 0.2) is 189 Å². The summed E-state index contributed by atoms with van der Waals surface area (Å²) in [5, 5.41) is 5.80. The van der Waals surface area contributed by atoms with Crippen LogP contribution >= 0.6 is 0 Å². The summed E-state index contributed by atoms with van der Waals surface area (Å²) in [6.07, 6.45) is 16.0. The molecule has 0 spiro atoms. The van der Waals surface area contributed by atoms with Crippen LogP contribution in [-0.4, -0.2) is 34.1 Å². The lowest BCUT2D eigenvalue weighted by molar-refractivity contribution is 0.979. The number of pyridine rings is 5. The van der Waals surface area contributed by atoms with Crippen LogP contribution in [0.3, 0.4) is 0 Å². The smallest absolute Gasteiger partial charge is 0.0963 e. The zero-order chi connectivity index (χ0) is 39.6. The number of aromatic nitrogens is 7. The molecular formula is C53H35N7. The first-order chi connectivity index (χ1) is 29.7. The Kier molecular flexibility index (Phi) is 7.84. The third kappa shape index (κ3) is 5.55. The Labute approximate surface area is 345 Å². The molecule has 4 aromatic carbocycles. The fraction of sp³-hybridized carbons (Fsp3) is 0.0377. The molecule has 0 aliphatic heterocycles. The molecule has 0 saturated carbocycles. The van der Waals surface area contributed by atoms with Crippen LogP contribution in [0.1, 0.15) is 18.5 Å². The fourth-order valence-corrected chi connectivity index (χ4v) is 9.06. The van der Waals surface area contributed by atoms with Crippen molar-refractivity contribution in [1.29, 1.82) is 0 Å². The van der Waals surface area contributed by atoms with Gasteiger partial charge in [-0.3, -0.25) is 15.0 Å². The third-order valence-corrected chi connectivity index (χ3v) is 11.8. The van der Waals surface area contributed by atoms with Gasteiger partial charge >= 0.3 is 0 Å². The normalized spacial score (nSPS) is 13.1. The van der Waals surface area contributed by atoms with E-state index in [1.807, 2.05) is 37.1 Å². The van der Waals surface area contributed by atoms with Crippen molar-refractivity contribution in [2.24, 2.45) is 0 Å². The summed E-state index contributed by atoms with van der Waals surface area (Å²) in [6.45, 7) is 0. The highest BCUT2D eigenvalue weighted by molar-refractivity contribution is 6.10. The van der Waals surface area contributed by atoms with Gasteiger partial charge < -0.3 is 9.13 Å². The Morgan fingerprint density at radius 3 is 2.10 bits per heavy atom. The molecule has 0 saturated heterocycles. The van der Waals surface area contributed by atoms with E-state index in [9.17, 15) is 0 Å². The van der Waals surface area contributed by atoms with Gasteiger partial charge in [-0.25, -0.2) is 9.97 Å². The van der Waals surface area contributed by atoms with Crippen molar-refractivity contribution >= 4 is 65.8 Å². The van der Waals surface area contributed by atoms with Crippen molar-refractivity contribution in [3.63, 3.8) is 0 Å². The first kappa shape index (κ1) is 34.0. The van der Waals surface area contributed by atoms with Crippen molar-refractivity contribution in [3.8, 4) is 39.5 Å². The lowest BCUT2D eigenvalue weighted by Crippen LogP contribution is -2.02. The van der Waals surface area contributed by atoms with Crippen LogP contribution in [0.5, 0.6) is 0 Å². The molecule has 282 valence electrons. The van der Waals surface area contributed by atoms with E-state index in [2.05, 4.69) is 171 Å². The Morgan fingerprint density at radius 2 is 1.20 bits per heavy atom. The molecule has 7 heteroatoms. The monoisotopic (exact) mass is 769 g/mol. The number of hydrogen-bond donors (Lipinski definition) is 0. The summed E-state index contributed by atoms with van der Waals surface area (Å²) in [5.41, 5.74) is 15.3. The Balaban J connectivity index is 0.974. The summed E-state index contributed by atoms with van der Waals surface area (Å²) in [4.78, 5) is 24.6. The summed E-state index contributed by atoms with van der Waals surface area (Å²) in [7, 11) is 0. The van der Waals surface area contributed by atoms with Gasteiger partial charge in [-0.05, 0) is 102 Å². The predicted molar refractivity (Wildman–Crippen MR) is 244 cm³/mol. The molecule has 7 heterocycles. The minimum Gasteiger partial charge on any atom is -0.311 e. The molecule has 7 aromatic heterocycles. The third-order valence-electron chi connectivity index (χ3n) is 11.8. The molecule has 0 fully saturated rings. The number of benzene rings is 4. The molecule has 0 radical (unpaired) electrons. The van der Waals surface area contributed by atoms with E-state index in [0.29, 0.717) is 0 Å². The first-order valence-corrected chi connectivity index (χ1v) is 20.3. The van der Waals surface area contributed by atoms with Crippen molar-refractivity contribution in [2.75, 3.05) is 0 Å². The first-order valence-electron chi connectivity index (χ1n) is 20.3. The Bertz CT molecular complexity index is 3440. The standard InChI is InChI=1S/C53H35N7/c1-2-13-40-36(10-1)31-55-32-44(40)37-29-47(34-21-23-38(24-22-34)59-50-19-6-4-15-43(50)53-51(59)20-9-26-56-53)58-48(30-37)46-17-8-16-45(57-46)35-11-7-12-39(28-35)60-49-18-5-3-14-41(49)42-25-27-54-33-52(42)60/h1-6,8-11,13-33H,7,12H2. The van der Waals surface area contributed by atoms with E-state index in [0.717, 1.165) is 102 Å². The fourth-order valence-electron chi connectivity index (χ4n) is 9.06. The minimum atomic E-state index is 0.795. The quantitative estimate of drug-likeness (QED) is 0.168. The van der Waals surface area contributed by atoms with E-state index < -0.39 is 0 Å². The van der Waals surface area contributed by atoms with Crippen molar-refractivity contribution < 1.29 is 0 Å². The number of allylic oxidation sites excluding steroid dienone is 4. The van der Waals surface area contributed by atoms with E-state index in [4.69, 9.17) is 15.0 Å². The number of fused-ring (bicyclic) bond motifs is 7. The molecule has 0 bridgehead atoms. The van der Waals surface area contributed by atoms with Gasteiger partial charge in [0.15, 0.2) is 0 Å². The highest BCUT2D eigenvalue weighted by Crippen LogP contribution is 2.38. The number of rotatable bonds is 6. The maximum Gasteiger partial charge on any atom is 0.0963 e. The zero-order valence-corrected chi connectivity index (χ0v) is 32.4. The maximum absolute atomic E-state index is 5.34. The lowest BCUT2D eigenvalue weighted by Gasteiger charge is -2.17. The SMILES string of the molecule is C1=C(c2cccc(-c3cc(-c4cncc5ccccc45)cc(-c4ccc(-n5c6ccccc6c6ncccc65)cc4)n3)n2)C=C(n2c3ccccc3c3ccncc32)CC1. The van der Waals surface area contributed by atoms with Gasteiger partial charge in [0.2, 0.25) is 0 Å². The molecule has 0 unspecified atom stereocenters. The van der Waals surface area contributed by atoms with Crippen molar-refractivity contribution in [1.82, 2.24) is 34.1 Å². The molecule has 1 aliphatic rings. The van der Waals surface area contributed by atoms with Crippen molar-refractivity contribution in [3.05, 3.63) is 194 Å². The molecule has 12 rings (SSSR count). The van der Waals surface area contributed by atoms with Gasteiger partial charge in [-0.2, -0.15) is 0 Å². The second-order valence-corrected chi connectivity index (χ2v) is 15.3. The Hall–Kier alpha value is -8.03. The minimum absolute atomic E-state index is 0.795. The summed E-state index contributed by atoms with van der Waals surface area (Å²) >= 11 is 0. The molecule has 60 heavy (non-hydrogen) atoms. The maximum atomic E-state index is 5.34. The van der Waals surface area contributed by atoms with Crippen LogP contribution in [0.4, 0.5) is 0 Å². The summed E-state index contributed by atoms with van der Waals surface area (Å²) < 4.78 is 4.65. The Morgan fingerprint density at radius 1 is 0.467 bits per heavy atom.